The van der Waals surface area contributed by atoms with Crippen molar-refractivity contribution >= 4 is 33.2 Å². The zero-order valence-corrected chi connectivity index (χ0v) is 16.4. The van der Waals surface area contributed by atoms with Gasteiger partial charge in [0.25, 0.3) is 10.0 Å². The van der Waals surface area contributed by atoms with Crippen LogP contribution in [0.1, 0.15) is 39.6 Å². The van der Waals surface area contributed by atoms with Crippen LogP contribution in [0.25, 0.3) is 0 Å². The minimum atomic E-state index is -3.47. The second-order valence-electron chi connectivity index (χ2n) is 6.27. The van der Waals surface area contributed by atoms with Crippen LogP contribution < -0.4 is 5.32 Å². The number of carboxylic acid groups (broad SMARTS) is 1. The van der Waals surface area contributed by atoms with Gasteiger partial charge in [0.1, 0.15) is 21.3 Å². The number of furan rings is 1. The largest absolute Gasteiger partial charge is 0.478 e. The number of hydrogen-bond donors (Lipinski definition) is 2. The summed E-state index contributed by atoms with van der Waals surface area (Å²) in [5.41, 5.74) is 0.0641. The Balaban J connectivity index is 1.58. The Morgan fingerprint density at radius 3 is 2.63 bits per heavy atom. The molecule has 0 unspecified atom stereocenters. The third kappa shape index (κ3) is 4.40. The SMILES string of the molecule is Cc1oc(CNC(=O)Cc2ccc(S(=O)(=O)N3CCCC3)s2)cc1C(=O)O. The van der Waals surface area contributed by atoms with Gasteiger partial charge in [-0.25, -0.2) is 13.2 Å². The number of nitrogens with zero attached hydrogens (tertiary/aromatic N) is 1. The summed E-state index contributed by atoms with van der Waals surface area (Å²) in [5, 5.41) is 11.7. The molecule has 3 heterocycles. The maximum atomic E-state index is 12.5. The lowest BCUT2D eigenvalue weighted by molar-refractivity contribution is -0.120. The van der Waals surface area contributed by atoms with Crippen molar-refractivity contribution in [2.24, 2.45) is 0 Å². The third-order valence-corrected chi connectivity index (χ3v) is 7.74. The highest BCUT2D eigenvalue weighted by molar-refractivity contribution is 7.91. The van der Waals surface area contributed by atoms with E-state index in [0.717, 1.165) is 24.2 Å². The van der Waals surface area contributed by atoms with Crippen LogP contribution in [-0.4, -0.2) is 42.8 Å². The molecule has 2 aromatic heterocycles. The van der Waals surface area contributed by atoms with E-state index in [1.807, 2.05) is 0 Å². The van der Waals surface area contributed by atoms with Gasteiger partial charge in [-0.3, -0.25) is 4.79 Å². The van der Waals surface area contributed by atoms with E-state index >= 15 is 0 Å². The van der Waals surface area contributed by atoms with Gasteiger partial charge in [0.2, 0.25) is 5.91 Å². The molecule has 0 atom stereocenters. The summed E-state index contributed by atoms with van der Waals surface area (Å²) in [6, 6.07) is 4.56. The highest BCUT2D eigenvalue weighted by Gasteiger charge is 2.28. The molecule has 0 bridgehead atoms. The average Bonchev–Trinajstić information content (AvgIpc) is 3.33. The van der Waals surface area contributed by atoms with E-state index < -0.39 is 16.0 Å². The van der Waals surface area contributed by atoms with Gasteiger partial charge in [-0.15, -0.1) is 11.3 Å². The second kappa shape index (κ2) is 7.83. The van der Waals surface area contributed by atoms with Crippen molar-refractivity contribution in [2.75, 3.05) is 13.1 Å². The number of aromatic carboxylic acids is 1. The Hall–Kier alpha value is -2.17. The number of carbonyl (C=O) groups is 2. The molecule has 27 heavy (non-hydrogen) atoms. The highest BCUT2D eigenvalue weighted by atomic mass is 32.2. The van der Waals surface area contributed by atoms with E-state index in [-0.39, 0.29) is 34.4 Å². The molecule has 0 saturated carbocycles. The first-order valence-electron chi connectivity index (χ1n) is 8.45. The van der Waals surface area contributed by atoms with Crippen molar-refractivity contribution in [3.63, 3.8) is 0 Å². The maximum absolute atomic E-state index is 12.5. The van der Waals surface area contributed by atoms with Crippen LogP contribution in [0, 0.1) is 6.92 Å². The minimum absolute atomic E-state index is 0.0473. The number of rotatable bonds is 7. The van der Waals surface area contributed by atoms with Crippen LogP contribution in [0.2, 0.25) is 0 Å². The number of amides is 1. The van der Waals surface area contributed by atoms with Crippen LogP contribution >= 0.6 is 11.3 Å². The summed E-state index contributed by atoms with van der Waals surface area (Å²) in [6.45, 7) is 2.69. The van der Waals surface area contributed by atoms with Gasteiger partial charge >= 0.3 is 5.97 Å². The van der Waals surface area contributed by atoms with Crippen LogP contribution in [-0.2, 0) is 27.8 Å². The lowest BCUT2D eigenvalue weighted by Gasteiger charge is -2.13. The smallest absolute Gasteiger partial charge is 0.339 e. The Morgan fingerprint density at radius 1 is 1.30 bits per heavy atom. The van der Waals surface area contributed by atoms with Crippen LogP contribution in [0.3, 0.4) is 0 Å². The van der Waals surface area contributed by atoms with E-state index in [2.05, 4.69) is 5.32 Å². The Kier molecular flexibility index (Phi) is 5.68. The zero-order chi connectivity index (χ0) is 19.6. The molecule has 1 aliphatic rings. The number of nitrogens with one attached hydrogen (secondary N) is 1. The van der Waals surface area contributed by atoms with Crippen LogP contribution in [0.15, 0.2) is 26.8 Å². The highest BCUT2D eigenvalue weighted by Crippen LogP contribution is 2.27. The number of carboxylic acids is 1. The maximum Gasteiger partial charge on any atom is 0.339 e. The molecule has 1 amide bonds. The topological polar surface area (TPSA) is 117 Å². The summed E-state index contributed by atoms with van der Waals surface area (Å²) in [7, 11) is -3.47. The Morgan fingerprint density at radius 2 is 2.00 bits per heavy atom. The molecule has 10 heteroatoms. The quantitative estimate of drug-likeness (QED) is 0.718. The third-order valence-electron chi connectivity index (χ3n) is 4.29. The molecule has 146 valence electrons. The summed E-state index contributed by atoms with van der Waals surface area (Å²) in [6.07, 6.45) is 1.79. The Labute approximate surface area is 160 Å². The first-order chi connectivity index (χ1) is 12.8. The minimum Gasteiger partial charge on any atom is -0.478 e. The molecule has 2 N–H and O–H groups in total. The fourth-order valence-corrected chi connectivity index (χ4v) is 5.92. The molecular weight excluding hydrogens is 392 g/mol. The molecule has 0 radical (unpaired) electrons. The van der Waals surface area contributed by atoms with Crippen molar-refractivity contribution in [2.45, 2.75) is 36.9 Å². The van der Waals surface area contributed by atoms with E-state index in [9.17, 15) is 18.0 Å². The van der Waals surface area contributed by atoms with Gasteiger partial charge < -0.3 is 14.8 Å². The summed E-state index contributed by atoms with van der Waals surface area (Å²) in [4.78, 5) is 23.7. The number of sulfonamides is 1. The Bertz CT molecular complexity index is 954. The molecule has 1 saturated heterocycles. The number of hydrogen-bond acceptors (Lipinski definition) is 6. The van der Waals surface area contributed by atoms with E-state index in [4.69, 9.17) is 9.52 Å². The molecule has 1 fully saturated rings. The summed E-state index contributed by atoms with van der Waals surface area (Å²) in [5.74, 6) is -0.754. The predicted molar refractivity (Wildman–Crippen MR) is 98.3 cm³/mol. The molecular formula is C17H20N2O6S2. The van der Waals surface area contributed by atoms with E-state index in [1.165, 1.54) is 16.4 Å². The molecule has 0 aromatic carbocycles. The zero-order valence-electron chi connectivity index (χ0n) is 14.7. The number of thiophene rings is 1. The van der Waals surface area contributed by atoms with Gasteiger partial charge in [-0.2, -0.15) is 4.31 Å². The fourth-order valence-electron chi connectivity index (χ4n) is 2.90. The average molecular weight is 412 g/mol. The lowest BCUT2D eigenvalue weighted by atomic mass is 10.2. The molecule has 3 rings (SSSR count). The second-order valence-corrected chi connectivity index (χ2v) is 9.61. The fraction of sp³-hybridized carbons (Fsp3) is 0.412. The van der Waals surface area contributed by atoms with Crippen molar-refractivity contribution in [3.05, 3.63) is 40.2 Å². The van der Waals surface area contributed by atoms with Crippen LogP contribution in [0.4, 0.5) is 0 Å². The van der Waals surface area contributed by atoms with Crippen molar-refractivity contribution < 1.29 is 27.5 Å². The van der Waals surface area contributed by atoms with Gasteiger partial charge in [0.15, 0.2) is 0 Å². The van der Waals surface area contributed by atoms with Crippen LogP contribution in [0.5, 0.6) is 0 Å². The molecule has 0 spiro atoms. The standard InChI is InChI=1S/C17H20N2O6S2/c1-11-14(17(21)22)8-12(25-11)10-18-15(20)9-13-4-5-16(26-13)27(23,24)19-6-2-3-7-19/h4-5,8H,2-3,6-7,9-10H2,1H3,(H,18,20)(H,21,22). The number of aryl methyl sites for hydroxylation is 1. The molecule has 8 nitrogen and oxygen atoms in total. The first kappa shape index (κ1) is 19.6. The normalized spacial score (nSPS) is 15.1. The van der Waals surface area contributed by atoms with Gasteiger partial charge in [0.05, 0.1) is 13.0 Å². The van der Waals surface area contributed by atoms with Crippen molar-refractivity contribution in [1.29, 1.82) is 0 Å². The summed E-state index contributed by atoms with van der Waals surface area (Å²) < 4.78 is 32.0. The molecule has 1 aliphatic heterocycles. The first-order valence-corrected chi connectivity index (χ1v) is 10.7. The van der Waals surface area contributed by atoms with Gasteiger partial charge in [-0.05, 0) is 38.0 Å². The monoisotopic (exact) mass is 412 g/mol. The van der Waals surface area contributed by atoms with E-state index in [1.54, 1.807) is 13.0 Å². The summed E-state index contributed by atoms with van der Waals surface area (Å²) >= 11 is 1.10. The van der Waals surface area contributed by atoms with Gasteiger partial charge in [0, 0.05) is 18.0 Å². The van der Waals surface area contributed by atoms with Gasteiger partial charge in [-0.1, -0.05) is 0 Å². The number of carbonyl (C=O) groups excluding carboxylic acids is 1. The van der Waals surface area contributed by atoms with Crippen molar-refractivity contribution in [1.82, 2.24) is 9.62 Å². The predicted octanol–water partition coefficient (Wildman–Crippen LogP) is 1.99. The lowest BCUT2D eigenvalue weighted by Crippen LogP contribution is -2.27. The molecule has 2 aromatic rings. The molecule has 0 aliphatic carbocycles. The van der Waals surface area contributed by atoms with E-state index in [0.29, 0.717) is 23.7 Å². The van der Waals surface area contributed by atoms with Crippen molar-refractivity contribution in [3.8, 4) is 0 Å².